The molecule has 8 nitrogen and oxygen atoms in total. The molecule has 5 rings (SSSR count). The maximum Gasteiger partial charge on any atom is 0.272 e. The molecule has 36 heavy (non-hydrogen) atoms. The Kier molecular flexibility index (Phi) is 6.04. The monoisotopic (exact) mass is 502 g/mol. The predicted molar refractivity (Wildman–Crippen MR) is 136 cm³/mol. The van der Waals surface area contributed by atoms with E-state index in [9.17, 15) is 13.4 Å². The molecule has 0 spiro atoms. The number of nitrogens with zero attached hydrogens (tertiary/aromatic N) is 3. The van der Waals surface area contributed by atoms with Gasteiger partial charge in [-0.25, -0.2) is 18.7 Å². The number of fused-ring (bicyclic) bond motifs is 2. The Hall–Kier alpha value is -4.07. The van der Waals surface area contributed by atoms with Crippen molar-refractivity contribution < 1.29 is 13.4 Å². The maximum absolute atomic E-state index is 13.7. The maximum atomic E-state index is 13.7. The first-order valence-corrected chi connectivity index (χ1v) is 12.9. The van der Waals surface area contributed by atoms with E-state index in [1.807, 2.05) is 42.5 Å². The summed E-state index contributed by atoms with van der Waals surface area (Å²) in [5.74, 6) is -1.43. The number of hydrogen-bond donors (Lipinski definition) is 3. The highest BCUT2D eigenvalue weighted by molar-refractivity contribution is 7.91. The second-order valence-corrected chi connectivity index (χ2v) is 10.9. The lowest BCUT2D eigenvalue weighted by Gasteiger charge is -2.21. The van der Waals surface area contributed by atoms with Crippen molar-refractivity contribution in [3.8, 4) is 6.07 Å². The van der Waals surface area contributed by atoms with Crippen molar-refractivity contribution in [1.82, 2.24) is 14.6 Å². The van der Waals surface area contributed by atoms with Gasteiger partial charge in [0.15, 0.2) is 0 Å². The van der Waals surface area contributed by atoms with Gasteiger partial charge in [0.25, 0.3) is 5.91 Å². The molecule has 0 aliphatic carbocycles. The van der Waals surface area contributed by atoms with Gasteiger partial charge >= 0.3 is 0 Å². The van der Waals surface area contributed by atoms with Crippen molar-refractivity contribution in [3.63, 3.8) is 0 Å². The summed E-state index contributed by atoms with van der Waals surface area (Å²) in [6.07, 6.45) is 4.13. The molecule has 1 amide bonds. The van der Waals surface area contributed by atoms with Crippen molar-refractivity contribution >= 4 is 32.3 Å². The van der Waals surface area contributed by atoms with Crippen LogP contribution in [0.3, 0.4) is 0 Å². The van der Waals surface area contributed by atoms with E-state index in [1.54, 1.807) is 24.1 Å². The topological polar surface area (TPSA) is 122 Å². The Morgan fingerprint density at radius 2 is 2.06 bits per heavy atom. The zero-order chi connectivity index (χ0) is 25.4. The molecule has 3 N–H and O–H groups in total. The summed E-state index contributed by atoms with van der Waals surface area (Å²) in [6.45, 7) is 0.217. The van der Waals surface area contributed by atoms with Crippen LogP contribution < -0.4 is 10.0 Å². The Morgan fingerprint density at radius 3 is 2.83 bits per heavy atom. The second kappa shape index (κ2) is 9.18. The first-order chi connectivity index (χ1) is 17.2. The molecule has 3 atom stereocenters. The quantitative estimate of drug-likeness (QED) is 0.472. The molecule has 0 saturated heterocycles. The van der Waals surface area contributed by atoms with Gasteiger partial charge in [-0.05, 0) is 28.8 Å². The summed E-state index contributed by atoms with van der Waals surface area (Å²) in [6, 6.07) is 17.9. The Labute approximate surface area is 208 Å². The number of benzene rings is 2. The van der Waals surface area contributed by atoms with E-state index in [4.69, 9.17) is 10.0 Å². The Bertz CT molecular complexity index is 1590. The van der Waals surface area contributed by atoms with E-state index in [0.717, 1.165) is 22.4 Å². The molecule has 0 fully saturated rings. The third kappa shape index (κ3) is 4.58. The first kappa shape index (κ1) is 23.7. The van der Waals surface area contributed by atoms with Crippen molar-refractivity contribution in [1.29, 1.82) is 10.0 Å². The number of likely N-dealkylation sites (N-methyl/N-ethyl adjacent to an activating group) is 1. The number of hydrogen-bond acceptors (Lipinski definition) is 6. The molecule has 1 aromatic heterocycles. The standard InChI is InChI=1S/C26H23FN6O2S/c1-33-15-23-22(25(33)26(34)31-20-12-21(14-28)30-24(27)13-20)9-8-19(32-36(23,29)35)11-16-6-7-17-4-2-3-5-18(17)10-16/h2-10,12-13,19,23H,11,15H2,1H3,(H2,29,32,35)(H,30,31,34)/t19-,23?,36?/m1/s1. The van der Waals surface area contributed by atoms with Crippen LogP contribution in [-0.4, -0.2) is 44.9 Å². The SMILES string of the molecule is CN1CC2C(=C1C(=O)Nc1cc(F)nc(C#N)c1)C=C[C@H](Cc1ccc3ccccc3c1)NS2(=N)=O. The summed E-state index contributed by atoms with van der Waals surface area (Å²) in [7, 11) is -1.62. The Balaban J connectivity index is 1.45. The van der Waals surface area contributed by atoms with E-state index in [0.29, 0.717) is 12.0 Å². The number of carbonyl (C=O) groups is 1. The predicted octanol–water partition coefficient (Wildman–Crippen LogP) is 3.48. The van der Waals surface area contributed by atoms with Gasteiger partial charge in [-0.1, -0.05) is 54.6 Å². The van der Waals surface area contributed by atoms with Gasteiger partial charge in [0.2, 0.25) is 5.95 Å². The highest BCUT2D eigenvalue weighted by Crippen LogP contribution is 2.31. The first-order valence-electron chi connectivity index (χ1n) is 11.3. The van der Waals surface area contributed by atoms with Gasteiger partial charge < -0.3 is 10.2 Å². The fourth-order valence-corrected chi connectivity index (χ4v) is 6.46. The van der Waals surface area contributed by atoms with Crippen molar-refractivity contribution in [3.05, 3.63) is 95.2 Å². The van der Waals surface area contributed by atoms with Crippen LogP contribution in [0.15, 0.2) is 78.0 Å². The summed E-state index contributed by atoms with van der Waals surface area (Å²) in [5.41, 5.74) is 1.70. The molecule has 0 saturated carbocycles. The van der Waals surface area contributed by atoms with E-state index in [-0.39, 0.29) is 29.7 Å². The number of anilines is 1. The average molecular weight is 503 g/mol. The smallest absolute Gasteiger partial charge is 0.272 e. The number of pyridine rings is 1. The molecule has 0 bridgehead atoms. The van der Waals surface area contributed by atoms with Crippen molar-refractivity contribution in [2.45, 2.75) is 17.7 Å². The zero-order valence-corrected chi connectivity index (χ0v) is 20.2. The van der Waals surface area contributed by atoms with Crippen LogP contribution >= 0.6 is 0 Å². The number of aromatic nitrogens is 1. The normalized spacial score (nSPS) is 23.3. The molecule has 2 unspecified atom stereocenters. The van der Waals surface area contributed by atoms with Crippen molar-refractivity contribution in [2.75, 3.05) is 18.9 Å². The van der Waals surface area contributed by atoms with Crippen LogP contribution in [0.1, 0.15) is 11.3 Å². The molecule has 3 aromatic rings. The molecule has 2 aliphatic rings. The summed E-state index contributed by atoms with van der Waals surface area (Å²) < 4.78 is 38.8. The highest BCUT2D eigenvalue weighted by Gasteiger charge is 2.40. The molecule has 3 heterocycles. The van der Waals surface area contributed by atoms with E-state index < -0.39 is 27.0 Å². The molecular formula is C26H23FN6O2S. The number of carbonyl (C=O) groups excluding carboxylic acids is 1. The summed E-state index contributed by atoms with van der Waals surface area (Å²) >= 11 is 0. The van der Waals surface area contributed by atoms with E-state index in [1.165, 1.54) is 6.07 Å². The van der Waals surface area contributed by atoms with Crippen molar-refractivity contribution in [2.24, 2.45) is 0 Å². The number of allylic oxidation sites excluding steroid dienone is 1. The van der Waals surface area contributed by atoms with Gasteiger partial charge in [0, 0.05) is 37.0 Å². The number of nitrogens with one attached hydrogen (secondary N) is 3. The largest absolute Gasteiger partial charge is 0.368 e. The van der Waals surface area contributed by atoms with Gasteiger partial charge in [0.1, 0.15) is 32.6 Å². The molecule has 0 radical (unpaired) electrons. The third-order valence-electron chi connectivity index (χ3n) is 6.33. The Morgan fingerprint density at radius 1 is 1.28 bits per heavy atom. The van der Waals surface area contributed by atoms with Crippen LogP contribution in [0.5, 0.6) is 0 Å². The number of rotatable bonds is 4. The van der Waals surface area contributed by atoms with Gasteiger partial charge in [-0.2, -0.15) is 9.65 Å². The van der Waals surface area contributed by atoms with E-state index in [2.05, 4.69) is 21.1 Å². The lowest BCUT2D eigenvalue weighted by molar-refractivity contribution is -0.114. The fourth-order valence-electron chi connectivity index (χ4n) is 4.70. The van der Waals surface area contributed by atoms with Crippen LogP contribution in [0.4, 0.5) is 10.1 Å². The van der Waals surface area contributed by atoms with Crippen LogP contribution in [0.25, 0.3) is 10.8 Å². The summed E-state index contributed by atoms with van der Waals surface area (Å²) in [4.78, 5) is 18.3. The van der Waals surface area contributed by atoms with Gasteiger partial charge in [-0.3, -0.25) is 4.79 Å². The minimum atomic E-state index is -3.30. The van der Waals surface area contributed by atoms with Crippen LogP contribution in [0.2, 0.25) is 0 Å². The summed E-state index contributed by atoms with van der Waals surface area (Å²) in [5, 5.41) is 13.1. The molecular weight excluding hydrogens is 479 g/mol. The zero-order valence-electron chi connectivity index (χ0n) is 19.4. The molecule has 10 heteroatoms. The number of halogens is 1. The van der Waals surface area contributed by atoms with E-state index >= 15 is 0 Å². The highest BCUT2D eigenvalue weighted by atomic mass is 32.2. The lowest BCUT2D eigenvalue weighted by Crippen LogP contribution is -2.41. The number of nitriles is 1. The van der Waals surface area contributed by atoms with Gasteiger partial charge in [0.05, 0.1) is 0 Å². The molecule has 2 aliphatic heterocycles. The second-order valence-electron chi connectivity index (χ2n) is 8.87. The van der Waals surface area contributed by atoms with Crippen LogP contribution in [-0.2, 0) is 21.1 Å². The van der Waals surface area contributed by atoms with Gasteiger partial charge in [-0.15, -0.1) is 0 Å². The molecule has 2 aromatic carbocycles. The average Bonchev–Trinajstić information content (AvgIpc) is 3.13. The fraction of sp³-hybridized carbons (Fsp3) is 0.192. The minimum absolute atomic E-state index is 0.0884. The third-order valence-corrected chi connectivity index (χ3v) is 8.19. The lowest BCUT2D eigenvalue weighted by atomic mass is 10.0. The number of amides is 1. The molecule has 182 valence electrons. The van der Waals surface area contributed by atoms with Crippen LogP contribution in [0, 0.1) is 22.1 Å². The minimum Gasteiger partial charge on any atom is -0.368 e.